The maximum atomic E-state index is 13.2. The van der Waals surface area contributed by atoms with Gasteiger partial charge in [-0.3, -0.25) is 14.9 Å². The van der Waals surface area contributed by atoms with E-state index in [0.29, 0.717) is 6.07 Å². The average molecular weight is 286 g/mol. The van der Waals surface area contributed by atoms with Crippen molar-refractivity contribution < 1.29 is 28.7 Å². The summed E-state index contributed by atoms with van der Waals surface area (Å²) in [7, 11) is 1.06. The fourth-order valence-electron chi connectivity index (χ4n) is 1.37. The third-order valence-electron chi connectivity index (χ3n) is 2.33. The van der Waals surface area contributed by atoms with Crippen LogP contribution in [0.4, 0.5) is 10.1 Å². The first kappa shape index (κ1) is 15.5. The number of methoxy groups -OCH3 is 1. The van der Waals surface area contributed by atoms with Crippen LogP contribution in [0.25, 0.3) is 0 Å². The highest BCUT2D eigenvalue weighted by Crippen LogP contribution is 2.16. The zero-order valence-corrected chi connectivity index (χ0v) is 10.3. The summed E-state index contributed by atoms with van der Waals surface area (Å²) in [4.78, 5) is 32.6. The molecular formula is C11H11FN2O6. The third-order valence-corrected chi connectivity index (χ3v) is 2.33. The van der Waals surface area contributed by atoms with E-state index in [1.807, 2.05) is 0 Å². The van der Waals surface area contributed by atoms with Gasteiger partial charge in [-0.25, -0.2) is 9.18 Å². The summed E-state index contributed by atoms with van der Waals surface area (Å²) < 4.78 is 17.5. The summed E-state index contributed by atoms with van der Waals surface area (Å²) in [6.07, 6.45) is 0. The third kappa shape index (κ3) is 3.72. The van der Waals surface area contributed by atoms with Gasteiger partial charge in [0.25, 0.3) is 11.6 Å². The molecule has 8 nitrogen and oxygen atoms in total. The number of rotatable bonds is 5. The number of nitrogens with one attached hydrogen (secondary N) is 1. The van der Waals surface area contributed by atoms with Gasteiger partial charge in [0.2, 0.25) is 0 Å². The van der Waals surface area contributed by atoms with Crippen LogP contribution in [0.1, 0.15) is 10.4 Å². The molecule has 0 aromatic heterocycles. The summed E-state index contributed by atoms with van der Waals surface area (Å²) in [5, 5.41) is 21.6. The molecule has 0 saturated heterocycles. The van der Waals surface area contributed by atoms with Gasteiger partial charge in [-0.05, 0) is 6.07 Å². The van der Waals surface area contributed by atoms with Crippen molar-refractivity contribution in [2.45, 2.75) is 6.04 Å². The van der Waals surface area contributed by atoms with E-state index in [0.717, 1.165) is 19.2 Å². The largest absolute Gasteiger partial charge is 0.467 e. The second kappa shape index (κ2) is 6.57. The second-order valence-corrected chi connectivity index (χ2v) is 3.69. The molecule has 1 amide bonds. The quantitative estimate of drug-likeness (QED) is 0.446. The zero-order chi connectivity index (χ0) is 15.3. The van der Waals surface area contributed by atoms with Crippen molar-refractivity contribution in [2.75, 3.05) is 13.7 Å². The number of hydrogen-bond donors (Lipinski definition) is 2. The standard InChI is InChI=1S/C11H11FN2O6/c1-20-11(17)9(5-15)13-10(16)6-2-7(12)4-8(3-6)14(18)19/h2-4,9,15H,5H2,1H3,(H,13,16). The minimum atomic E-state index is -1.34. The van der Waals surface area contributed by atoms with E-state index >= 15 is 0 Å². The molecule has 1 atom stereocenters. The molecule has 108 valence electrons. The van der Waals surface area contributed by atoms with Gasteiger partial charge in [0.05, 0.1) is 24.7 Å². The Bertz CT molecular complexity index is 548. The maximum absolute atomic E-state index is 13.2. The number of aliphatic hydroxyl groups excluding tert-OH is 1. The number of aliphatic hydroxyl groups is 1. The molecule has 20 heavy (non-hydrogen) atoms. The molecule has 1 aromatic rings. The SMILES string of the molecule is COC(=O)C(CO)NC(=O)c1cc(F)cc([N+](=O)[O-])c1. The molecule has 0 aliphatic carbocycles. The van der Waals surface area contributed by atoms with Crippen LogP contribution in [0.3, 0.4) is 0 Å². The number of carbonyl (C=O) groups excluding carboxylic acids is 2. The number of nitro benzene ring substituents is 1. The normalized spacial score (nSPS) is 11.6. The molecule has 0 heterocycles. The average Bonchev–Trinajstić information content (AvgIpc) is 2.42. The first-order chi connectivity index (χ1) is 9.38. The van der Waals surface area contributed by atoms with Crippen molar-refractivity contribution >= 4 is 17.6 Å². The van der Waals surface area contributed by atoms with Crippen molar-refractivity contribution in [3.05, 3.63) is 39.7 Å². The predicted molar refractivity (Wildman–Crippen MR) is 63.4 cm³/mol. The van der Waals surface area contributed by atoms with E-state index < -0.39 is 41.0 Å². The Morgan fingerprint density at radius 2 is 2.15 bits per heavy atom. The molecule has 0 spiro atoms. The lowest BCUT2D eigenvalue weighted by Crippen LogP contribution is -2.44. The molecular weight excluding hydrogens is 275 g/mol. The number of ether oxygens (including phenoxy) is 1. The smallest absolute Gasteiger partial charge is 0.330 e. The summed E-state index contributed by atoms with van der Waals surface area (Å²) in [6.45, 7) is -0.726. The fraction of sp³-hybridized carbons (Fsp3) is 0.273. The monoisotopic (exact) mass is 286 g/mol. The molecule has 1 rings (SSSR count). The van der Waals surface area contributed by atoms with Gasteiger partial charge in [0.15, 0.2) is 6.04 Å². The topological polar surface area (TPSA) is 119 Å². The summed E-state index contributed by atoms with van der Waals surface area (Å²) in [5.41, 5.74) is -0.951. The molecule has 0 aliphatic rings. The van der Waals surface area contributed by atoms with Crippen LogP contribution < -0.4 is 5.32 Å². The molecule has 1 aromatic carbocycles. The van der Waals surface area contributed by atoms with E-state index in [2.05, 4.69) is 10.1 Å². The van der Waals surface area contributed by atoms with Crippen LogP contribution in [0.5, 0.6) is 0 Å². The highest BCUT2D eigenvalue weighted by molar-refractivity contribution is 5.97. The van der Waals surface area contributed by atoms with Crippen molar-refractivity contribution in [3.63, 3.8) is 0 Å². The van der Waals surface area contributed by atoms with Crippen LogP contribution in [0, 0.1) is 15.9 Å². The fourth-order valence-corrected chi connectivity index (χ4v) is 1.37. The van der Waals surface area contributed by atoms with E-state index in [4.69, 9.17) is 5.11 Å². The highest BCUT2D eigenvalue weighted by atomic mass is 19.1. The van der Waals surface area contributed by atoms with Crippen LogP contribution in [-0.2, 0) is 9.53 Å². The van der Waals surface area contributed by atoms with Gasteiger partial charge in [0.1, 0.15) is 5.82 Å². The van der Waals surface area contributed by atoms with Crippen molar-refractivity contribution in [1.82, 2.24) is 5.32 Å². The molecule has 9 heteroatoms. The Hall–Kier alpha value is -2.55. The number of benzene rings is 1. The zero-order valence-electron chi connectivity index (χ0n) is 10.3. The van der Waals surface area contributed by atoms with Gasteiger partial charge in [-0.1, -0.05) is 0 Å². The molecule has 0 radical (unpaired) electrons. The summed E-state index contributed by atoms with van der Waals surface area (Å²) >= 11 is 0. The van der Waals surface area contributed by atoms with E-state index in [1.165, 1.54) is 0 Å². The van der Waals surface area contributed by atoms with E-state index in [-0.39, 0.29) is 5.56 Å². The molecule has 0 aliphatic heterocycles. The van der Waals surface area contributed by atoms with Crippen LogP contribution in [0.2, 0.25) is 0 Å². The van der Waals surface area contributed by atoms with Gasteiger partial charge in [0, 0.05) is 11.6 Å². The number of nitrogens with zero attached hydrogens (tertiary/aromatic N) is 1. The number of nitro groups is 1. The number of esters is 1. The lowest BCUT2D eigenvalue weighted by molar-refractivity contribution is -0.385. The predicted octanol–water partition coefficient (Wildman–Crippen LogP) is -0.00240. The summed E-state index contributed by atoms with van der Waals surface area (Å²) in [5.74, 6) is -2.81. The van der Waals surface area contributed by atoms with Crippen LogP contribution in [-0.4, -0.2) is 41.7 Å². The number of non-ortho nitro benzene ring substituents is 1. The van der Waals surface area contributed by atoms with Gasteiger partial charge in [-0.15, -0.1) is 0 Å². The minimum absolute atomic E-state index is 0.348. The van der Waals surface area contributed by atoms with E-state index in [1.54, 1.807) is 0 Å². The van der Waals surface area contributed by atoms with Crippen LogP contribution in [0.15, 0.2) is 18.2 Å². The molecule has 0 saturated carbocycles. The van der Waals surface area contributed by atoms with Gasteiger partial charge in [-0.2, -0.15) is 0 Å². The molecule has 2 N–H and O–H groups in total. The number of halogens is 1. The van der Waals surface area contributed by atoms with Gasteiger partial charge < -0.3 is 15.2 Å². The minimum Gasteiger partial charge on any atom is -0.467 e. The Kier molecular flexibility index (Phi) is 5.09. The highest BCUT2D eigenvalue weighted by Gasteiger charge is 2.22. The lowest BCUT2D eigenvalue weighted by atomic mass is 10.1. The van der Waals surface area contributed by atoms with Gasteiger partial charge >= 0.3 is 5.97 Å². The number of hydrogen-bond acceptors (Lipinski definition) is 6. The lowest BCUT2D eigenvalue weighted by Gasteiger charge is -2.13. The Labute approximate surface area is 112 Å². The van der Waals surface area contributed by atoms with Crippen molar-refractivity contribution in [3.8, 4) is 0 Å². The Morgan fingerprint density at radius 3 is 2.65 bits per heavy atom. The van der Waals surface area contributed by atoms with E-state index in [9.17, 15) is 24.1 Å². The Balaban J connectivity index is 2.97. The first-order valence-corrected chi connectivity index (χ1v) is 5.33. The first-order valence-electron chi connectivity index (χ1n) is 5.33. The number of carbonyl (C=O) groups is 2. The van der Waals surface area contributed by atoms with Crippen molar-refractivity contribution in [2.24, 2.45) is 0 Å². The number of amides is 1. The maximum Gasteiger partial charge on any atom is 0.330 e. The van der Waals surface area contributed by atoms with Crippen LogP contribution >= 0.6 is 0 Å². The molecule has 0 fully saturated rings. The summed E-state index contributed by atoms with van der Waals surface area (Å²) in [6, 6.07) is 0.938. The molecule has 1 unspecified atom stereocenters. The van der Waals surface area contributed by atoms with Crippen molar-refractivity contribution in [1.29, 1.82) is 0 Å². The molecule has 0 bridgehead atoms. The Morgan fingerprint density at radius 1 is 1.50 bits per heavy atom. The second-order valence-electron chi connectivity index (χ2n) is 3.69.